The van der Waals surface area contributed by atoms with E-state index in [0.29, 0.717) is 18.4 Å². The van der Waals surface area contributed by atoms with Crippen molar-refractivity contribution >= 4 is 9.84 Å². The minimum atomic E-state index is -3.47. The number of allylic oxidation sites excluding steroid dienone is 3. The molecule has 0 saturated carbocycles. The maximum atomic E-state index is 13.6. The third kappa shape index (κ3) is 5.04. The molecule has 0 bridgehead atoms. The average molecular weight is 377 g/mol. The van der Waals surface area contributed by atoms with Crippen LogP contribution in [0.5, 0.6) is 5.75 Å². The second-order valence-electron chi connectivity index (χ2n) is 5.96. The smallest absolute Gasteiger partial charge is 0.174 e. The van der Waals surface area contributed by atoms with Crippen LogP contribution in [0, 0.1) is 17.1 Å². The summed E-state index contributed by atoms with van der Waals surface area (Å²) in [5, 5.41) is 19.0. The van der Waals surface area contributed by atoms with E-state index >= 15 is 0 Å². The van der Waals surface area contributed by atoms with Crippen LogP contribution in [0.25, 0.3) is 0 Å². The molecule has 1 atom stereocenters. The molecule has 0 saturated heterocycles. The SMILES string of the molecule is C=C1CCC(O)C/C(S(=O)(=O)CC)=C\C=C1Oc1cc(F)cc(C#N)c1. The molecular weight excluding hydrogens is 357 g/mol. The van der Waals surface area contributed by atoms with Crippen LogP contribution in [0.3, 0.4) is 0 Å². The van der Waals surface area contributed by atoms with Crippen LogP contribution in [-0.4, -0.2) is 25.4 Å². The second kappa shape index (κ2) is 8.30. The number of nitrogens with zero attached hydrogens (tertiary/aromatic N) is 1. The van der Waals surface area contributed by atoms with Gasteiger partial charge in [-0.2, -0.15) is 5.26 Å². The molecule has 5 nitrogen and oxygen atoms in total. The number of hydrogen-bond acceptors (Lipinski definition) is 5. The van der Waals surface area contributed by atoms with E-state index in [1.165, 1.54) is 25.1 Å². The molecule has 2 rings (SSSR count). The topological polar surface area (TPSA) is 87.4 Å². The predicted octanol–water partition coefficient (Wildman–Crippen LogP) is 3.38. The monoisotopic (exact) mass is 377 g/mol. The van der Waals surface area contributed by atoms with Gasteiger partial charge in [0.25, 0.3) is 0 Å². The highest BCUT2D eigenvalue weighted by Crippen LogP contribution is 2.27. The van der Waals surface area contributed by atoms with E-state index in [1.807, 2.05) is 6.07 Å². The quantitative estimate of drug-likeness (QED) is 0.869. The molecule has 1 aromatic rings. The van der Waals surface area contributed by atoms with Gasteiger partial charge < -0.3 is 9.84 Å². The van der Waals surface area contributed by atoms with Crippen LogP contribution in [0.15, 0.2) is 53.2 Å². The lowest BCUT2D eigenvalue weighted by atomic mass is 10.1. The summed E-state index contributed by atoms with van der Waals surface area (Å²) in [4.78, 5) is 0.111. The van der Waals surface area contributed by atoms with E-state index in [9.17, 15) is 17.9 Å². The van der Waals surface area contributed by atoms with E-state index < -0.39 is 21.8 Å². The predicted molar refractivity (Wildman–Crippen MR) is 96.4 cm³/mol. The first kappa shape index (κ1) is 19.9. The molecule has 0 spiro atoms. The van der Waals surface area contributed by atoms with Gasteiger partial charge in [-0.15, -0.1) is 0 Å². The van der Waals surface area contributed by atoms with Crippen molar-refractivity contribution in [3.05, 3.63) is 64.5 Å². The van der Waals surface area contributed by atoms with Gasteiger partial charge >= 0.3 is 0 Å². The zero-order chi connectivity index (χ0) is 19.3. The number of ether oxygens (including phenoxy) is 1. The summed E-state index contributed by atoms with van der Waals surface area (Å²) < 4.78 is 43.6. The fourth-order valence-electron chi connectivity index (χ4n) is 2.49. The van der Waals surface area contributed by atoms with Crippen molar-refractivity contribution in [2.75, 3.05) is 5.75 Å². The molecule has 1 aromatic carbocycles. The Morgan fingerprint density at radius 2 is 2.12 bits per heavy atom. The number of aliphatic hydroxyl groups excluding tert-OH is 1. The van der Waals surface area contributed by atoms with Crippen LogP contribution < -0.4 is 4.74 Å². The number of aliphatic hydroxyl groups is 1. The first-order chi connectivity index (χ1) is 12.2. The summed E-state index contributed by atoms with van der Waals surface area (Å²) in [5.41, 5.74) is 0.646. The fraction of sp³-hybridized carbons (Fsp3) is 0.316. The highest BCUT2D eigenvalue weighted by atomic mass is 32.2. The van der Waals surface area contributed by atoms with Gasteiger partial charge in [-0.3, -0.25) is 0 Å². The molecule has 0 heterocycles. The third-order valence-electron chi connectivity index (χ3n) is 3.99. The van der Waals surface area contributed by atoms with E-state index in [2.05, 4.69) is 6.58 Å². The molecule has 26 heavy (non-hydrogen) atoms. The zero-order valence-corrected chi connectivity index (χ0v) is 15.2. The summed E-state index contributed by atoms with van der Waals surface area (Å²) in [5.74, 6) is -0.320. The van der Waals surface area contributed by atoms with Crippen molar-refractivity contribution in [3.63, 3.8) is 0 Å². The molecule has 0 aromatic heterocycles. The molecule has 1 aliphatic carbocycles. The maximum Gasteiger partial charge on any atom is 0.174 e. The van der Waals surface area contributed by atoms with Crippen LogP contribution in [0.2, 0.25) is 0 Å². The zero-order valence-electron chi connectivity index (χ0n) is 14.4. The Morgan fingerprint density at radius 1 is 1.38 bits per heavy atom. The number of hydrogen-bond donors (Lipinski definition) is 1. The lowest BCUT2D eigenvalue weighted by Crippen LogP contribution is -2.14. The second-order valence-corrected chi connectivity index (χ2v) is 8.29. The van der Waals surface area contributed by atoms with Crippen molar-refractivity contribution in [1.29, 1.82) is 5.26 Å². The number of nitriles is 1. The molecule has 138 valence electrons. The molecule has 0 amide bonds. The van der Waals surface area contributed by atoms with Crippen LogP contribution >= 0.6 is 0 Å². The van der Waals surface area contributed by atoms with E-state index in [-0.39, 0.29) is 34.2 Å². The summed E-state index contributed by atoms with van der Waals surface area (Å²) in [6.07, 6.45) is 2.76. The van der Waals surface area contributed by atoms with E-state index in [0.717, 1.165) is 12.1 Å². The Hall–Kier alpha value is -2.43. The number of sulfone groups is 1. The lowest BCUT2D eigenvalue weighted by molar-refractivity contribution is 0.166. The number of halogens is 1. The van der Waals surface area contributed by atoms with Crippen LogP contribution in [0.1, 0.15) is 31.7 Å². The fourth-order valence-corrected chi connectivity index (χ4v) is 3.58. The van der Waals surface area contributed by atoms with Gasteiger partial charge in [0, 0.05) is 17.4 Å². The summed E-state index contributed by atoms with van der Waals surface area (Å²) in [6, 6.07) is 5.44. The average Bonchev–Trinajstić information content (AvgIpc) is 2.66. The van der Waals surface area contributed by atoms with Gasteiger partial charge in [-0.25, -0.2) is 12.8 Å². The molecule has 1 aliphatic rings. The Morgan fingerprint density at radius 3 is 2.77 bits per heavy atom. The van der Waals surface area contributed by atoms with Crippen LogP contribution in [-0.2, 0) is 9.84 Å². The number of benzene rings is 1. The van der Waals surface area contributed by atoms with Gasteiger partial charge in [-0.05, 0) is 42.7 Å². The minimum absolute atomic E-state index is 0.0196. The standard InChI is InChI=1S/C19H20FNO4S/c1-3-26(23,24)18-6-7-19(13(2)4-5-16(22)11-18)25-17-9-14(12-21)8-15(20)10-17/h6-10,16,22H,2-5,11H2,1H3/b18-6+,19-7?. The van der Waals surface area contributed by atoms with Crippen molar-refractivity contribution in [2.45, 2.75) is 32.3 Å². The van der Waals surface area contributed by atoms with Gasteiger partial charge in [0.15, 0.2) is 9.84 Å². The lowest BCUT2D eigenvalue weighted by Gasteiger charge is -2.14. The van der Waals surface area contributed by atoms with E-state index in [4.69, 9.17) is 10.00 Å². The highest BCUT2D eigenvalue weighted by molar-refractivity contribution is 7.95. The Kier molecular flexibility index (Phi) is 6.35. The summed E-state index contributed by atoms with van der Waals surface area (Å²) >= 11 is 0. The molecule has 0 radical (unpaired) electrons. The molecular formula is C19H20FNO4S. The summed E-state index contributed by atoms with van der Waals surface area (Å²) in [6.45, 7) is 5.43. The first-order valence-electron chi connectivity index (χ1n) is 8.13. The molecule has 1 unspecified atom stereocenters. The van der Waals surface area contributed by atoms with Gasteiger partial charge in [0.1, 0.15) is 17.3 Å². The van der Waals surface area contributed by atoms with Gasteiger partial charge in [0.05, 0.1) is 23.5 Å². The largest absolute Gasteiger partial charge is 0.457 e. The highest BCUT2D eigenvalue weighted by Gasteiger charge is 2.21. The third-order valence-corrected chi connectivity index (χ3v) is 5.85. The van der Waals surface area contributed by atoms with Gasteiger partial charge in [-0.1, -0.05) is 13.5 Å². The first-order valence-corrected chi connectivity index (χ1v) is 9.78. The molecule has 7 heteroatoms. The minimum Gasteiger partial charge on any atom is -0.457 e. The Balaban J connectivity index is 2.43. The van der Waals surface area contributed by atoms with Crippen molar-refractivity contribution in [1.82, 2.24) is 0 Å². The number of rotatable bonds is 4. The molecule has 1 N–H and O–H groups in total. The van der Waals surface area contributed by atoms with Gasteiger partial charge in [0.2, 0.25) is 0 Å². The molecule has 0 aliphatic heterocycles. The molecule has 0 fully saturated rings. The maximum absolute atomic E-state index is 13.6. The van der Waals surface area contributed by atoms with E-state index in [1.54, 1.807) is 0 Å². The van der Waals surface area contributed by atoms with Crippen molar-refractivity contribution in [3.8, 4) is 11.8 Å². The normalized spacial score (nSPS) is 20.7. The van der Waals surface area contributed by atoms with Crippen LogP contribution in [0.4, 0.5) is 4.39 Å². The summed E-state index contributed by atoms with van der Waals surface area (Å²) in [7, 11) is -3.47. The Labute approximate surface area is 152 Å². The van der Waals surface area contributed by atoms with Crippen molar-refractivity contribution in [2.24, 2.45) is 0 Å². The van der Waals surface area contributed by atoms with Crippen molar-refractivity contribution < 1.29 is 22.7 Å². The Bertz CT molecular complexity index is 910.